The molecule has 0 saturated heterocycles. The molecule has 6 heteroatoms. The first-order valence-corrected chi connectivity index (χ1v) is 4.24. The Labute approximate surface area is 77.5 Å². The zero-order valence-corrected chi connectivity index (χ0v) is 8.02. The Bertz CT molecular complexity index is 286. The van der Waals surface area contributed by atoms with Crippen LogP contribution in [-0.2, 0) is 4.79 Å². The number of carbonyl (C=O) groups is 1. The molecule has 0 fully saturated rings. The van der Waals surface area contributed by atoms with Gasteiger partial charge in [-0.2, -0.15) is 0 Å². The Morgan fingerprint density at radius 3 is 2.92 bits per heavy atom. The van der Waals surface area contributed by atoms with E-state index in [2.05, 4.69) is 26.0 Å². The second-order valence-corrected chi connectivity index (χ2v) is 2.97. The number of carboxylic acids is 1. The third kappa shape index (κ3) is 1.82. The van der Waals surface area contributed by atoms with Crippen molar-refractivity contribution in [3.05, 3.63) is 11.1 Å². The van der Waals surface area contributed by atoms with Gasteiger partial charge in [0.1, 0.15) is 6.33 Å². The number of hydrogen-bond acceptors (Lipinski definition) is 3. The molecule has 0 unspecified atom stereocenters. The molecule has 0 amide bonds. The first kappa shape index (κ1) is 9.18. The Balaban J connectivity index is 2.87. The summed E-state index contributed by atoms with van der Waals surface area (Å²) in [6.07, 6.45) is 1.89. The minimum atomic E-state index is -0.894. The molecule has 1 aromatic rings. The van der Waals surface area contributed by atoms with Crippen LogP contribution in [0.4, 0.5) is 0 Å². The zero-order valence-electron chi connectivity index (χ0n) is 6.44. The molecule has 0 aliphatic carbocycles. The van der Waals surface area contributed by atoms with E-state index in [9.17, 15) is 4.79 Å². The van der Waals surface area contributed by atoms with Gasteiger partial charge in [0, 0.05) is 0 Å². The van der Waals surface area contributed by atoms with Crippen LogP contribution < -0.4 is 0 Å². The predicted octanol–water partition coefficient (Wildman–Crippen LogP) is 1.08. The molecule has 0 spiro atoms. The summed E-state index contributed by atoms with van der Waals surface area (Å²) in [5.74, 6) is -0.894. The highest BCUT2D eigenvalue weighted by Crippen LogP contribution is 2.10. The van der Waals surface area contributed by atoms with Crippen LogP contribution in [0.5, 0.6) is 0 Å². The number of carboxylic acid groups (broad SMARTS) is 1. The van der Waals surface area contributed by atoms with Crippen LogP contribution in [0.15, 0.2) is 11.1 Å². The molecule has 12 heavy (non-hydrogen) atoms. The molecule has 0 saturated carbocycles. The van der Waals surface area contributed by atoms with Gasteiger partial charge in [-0.05, 0) is 22.4 Å². The monoisotopic (exact) mass is 233 g/mol. The van der Waals surface area contributed by atoms with Crippen LogP contribution in [0.1, 0.15) is 19.4 Å². The van der Waals surface area contributed by atoms with Crippen molar-refractivity contribution in [3.63, 3.8) is 0 Å². The van der Waals surface area contributed by atoms with Crippen molar-refractivity contribution in [1.29, 1.82) is 0 Å². The molecule has 0 bridgehead atoms. The van der Waals surface area contributed by atoms with Crippen molar-refractivity contribution in [3.8, 4) is 0 Å². The average Bonchev–Trinajstić information content (AvgIpc) is 2.37. The fourth-order valence-corrected chi connectivity index (χ4v) is 1.15. The highest BCUT2D eigenvalue weighted by molar-refractivity contribution is 9.10. The number of rotatable bonds is 3. The molecule has 1 N–H and O–H groups in total. The highest BCUT2D eigenvalue weighted by atomic mass is 79.9. The van der Waals surface area contributed by atoms with Gasteiger partial charge < -0.3 is 5.11 Å². The van der Waals surface area contributed by atoms with Crippen molar-refractivity contribution in [2.24, 2.45) is 0 Å². The Morgan fingerprint density at radius 2 is 2.58 bits per heavy atom. The molecule has 1 aromatic heterocycles. The van der Waals surface area contributed by atoms with E-state index in [4.69, 9.17) is 5.11 Å². The fraction of sp³-hybridized carbons (Fsp3) is 0.500. The summed E-state index contributed by atoms with van der Waals surface area (Å²) in [7, 11) is 0. The largest absolute Gasteiger partial charge is 0.480 e. The molecule has 1 rings (SSSR count). The van der Waals surface area contributed by atoms with Gasteiger partial charge in [-0.15, -0.1) is 5.10 Å². The van der Waals surface area contributed by atoms with Gasteiger partial charge in [-0.25, -0.2) is 14.5 Å². The first-order valence-electron chi connectivity index (χ1n) is 3.44. The number of nitrogens with zero attached hydrogens (tertiary/aromatic N) is 3. The van der Waals surface area contributed by atoms with E-state index in [0.29, 0.717) is 11.2 Å². The van der Waals surface area contributed by atoms with Crippen LogP contribution in [0.25, 0.3) is 0 Å². The molecule has 66 valence electrons. The summed E-state index contributed by atoms with van der Waals surface area (Å²) in [6.45, 7) is 1.79. The summed E-state index contributed by atoms with van der Waals surface area (Å²) < 4.78 is 1.73. The topological polar surface area (TPSA) is 68.0 Å². The lowest BCUT2D eigenvalue weighted by Crippen LogP contribution is -2.18. The SMILES string of the molecule is CC[C@H](C(=O)O)n1cnc(Br)n1. The normalized spacial score (nSPS) is 12.8. The molecule has 1 heterocycles. The van der Waals surface area contributed by atoms with Gasteiger partial charge in [0.25, 0.3) is 0 Å². The van der Waals surface area contributed by atoms with Crippen LogP contribution in [0.2, 0.25) is 0 Å². The minimum Gasteiger partial charge on any atom is -0.480 e. The van der Waals surface area contributed by atoms with Crippen molar-refractivity contribution >= 4 is 21.9 Å². The first-order chi connectivity index (χ1) is 5.65. The van der Waals surface area contributed by atoms with Gasteiger partial charge in [-0.3, -0.25) is 0 Å². The van der Waals surface area contributed by atoms with Crippen molar-refractivity contribution in [2.45, 2.75) is 19.4 Å². The molecular weight excluding hydrogens is 226 g/mol. The molecule has 1 atom stereocenters. The third-order valence-electron chi connectivity index (χ3n) is 1.47. The van der Waals surface area contributed by atoms with E-state index >= 15 is 0 Å². The summed E-state index contributed by atoms with van der Waals surface area (Å²) in [6, 6.07) is -0.621. The number of halogens is 1. The molecule has 0 radical (unpaired) electrons. The van der Waals surface area contributed by atoms with E-state index in [1.807, 2.05) is 0 Å². The Kier molecular flexibility index (Phi) is 2.80. The highest BCUT2D eigenvalue weighted by Gasteiger charge is 2.17. The average molecular weight is 234 g/mol. The van der Waals surface area contributed by atoms with E-state index < -0.39 is 12.0 Å². The summed E-state index contributed by atoms with van der Waals surface area (Å²) in [4.78, 5) is 14.4. The number of aliphatic carboxylic acids is 1. The maximum atomic E-state index is 10.6. The summed E-state index contributed by atoms with van der Waals surface area (Å²) in [5, 5.41) is 12.6. The number of hydrogen-bond donors (Lipinski definition) is 1. The van der Waals surface area contributed by atoms with Crippen molar-refractivity contribution in [1.82, 2.24) is 14.8 Å². The van der Waals surface area contributed by atoms with Gasteiger partial charge in [0.05, 0.1) is 0 Å². The second kappa shape index (κ2) is 3.66. The van der Waals surface area contributed by atoms with E-state index in [1.54, 1.807) is 6.92 Å². The number of aromatic nitrogens is 3. The quantitative estimate of drug-likeness (QED) is 0.849. The Morgan fingerprint density at radius 1 is 1.92 bits per heavy atom. The van der Waals surface area contributed by atoms with Gasteiger partial charge in [0.2, 0.25) is 4.73 Å². The maximum Gasteiger partial charge on any atom is 0.328 e. The maximum absolute atomic E-state index is 10.6. The van der Waals surface area contributed by atoms with Gasteiger partial charge in [-0.1, -0.05) is 6.92 Å². The van der Waals surface area contributed by atoms with Gasteiger partial charge >= 0.3 is 5.97 Å². The molecule has 0 aliphatic rings. The van der Waals surface area contributed by atoms with Crippen molar-refractivity contribution in [2.75, 3.05) is 0 Å². The lowest BCUT2D eigenvalue weighted by molar-refractivity contribution is -0.141. The lowest BCUT2D eigenvalue weighted by atomic mass is 10.2. The predicted molar refractivity (Wildman–Crippen MR) is 44.7 cm³/mol. The standard InChI is InChI=1S/C6H8BrN3O2/c1-2-4(5(11)12)10-3-8-6(7)9-10/h3-4H,2H2,1H3,(H,11,12)/t4-/m1/s1. The van der Waals surface area contributed by atoms with E-state index in [1.165, 1.54) is 11.0 Å². The van der Waals surface area contributed by atoms with E-state index in [-0.39, 0.29) is 0 Å². The second-order valence-electron chi connectivity index (χ2n) is 2.26. The fourth-order valence-electron chi connectivity index (χ4n) is 0.879. The van der Waals surface area contributed by atoms with E-state index in [0.717, 1.165) is 0 Å². The van der Waals surface area contributed by atoms with Crippen molar-refractivity contribution < 1.29 is 9.90 Å². The van der Waals surface area contributed by atoms with Gasteiger partial charge in [0.15, 0.2) is 6.04 Å². The van der Waals surface area contributed by atoms with Crippen LogP contribution in [0, 0.1) is 0 Å². The van der Waals surface area contributed by atoms with Crippen LogP contribution >= 0.6 is 15.9 Å². The molecule has 5 nitrogen and oxygen atoms in total. The molecule has 0 aromatic carbocycles. The summed E-state index contributed by atoms with van der Waals surface area (Å²) in [5.41, 5.74) is 0. The third-order valence-corrected chi connectivity index (χ3v) is 1.83. The molecular formula is C6H8BrN3O2. The smallest absolute Gasteiger partial charge is 0.328 e. The van der Waals surface area contributed by atoms with Crippen LogP contribution in [0.3, 0.4) is 0 Å². The summed E-state index contributed by atoms with van der Waals surface area (Å²) >= 11 is 3.04. The minimum absolute atomic E-state index is 0.405. The zero-order chi connectivity index (χ0) is 9.14. The Hall–Kier alpha value is -0.910. The lowest BCUT2D eigenvalue weighted by Gasteiger charge is -2.07. The van der Waals surface area contributed by atoms with Crippen LogP contribution in [-0.4, -0.2) is 25.8 Å². The molecule has 0 aliphatic heterocycles.